The molecule has 1 aliphatic heterocycles. The van der Waals surface area contributed by atoms with Crippen molar-refractivity contribution >= 4 is 11.4 Å². The number of aryl methyl sites for hydroxylation is 1. The molecule has 1 aromatic rings. The van der Waals surface area contributed by atoms with Gasteiger partial charge in [-0.15, -0.1) is 0 Å². The molecular formula is C17H28N2. The summed E-state index contributed by atoms with van der Waals surface area (Å²) in [5, 5.41) is 3.60. The molecule has 2 rings (SSSR count). The molecule has 1 fully saturated rings. The van der Waals surface area contributed by atoms with Crippen molar-refractivity contribution in [3.63, 3.8) is 0 Å². The van der Waals surface area contributed by atoms with Crippen LogP contribution in [-0.2, 0) is 0 Å². The van der Waals surface area contributed by atoms with E-state index in [9.17, 15) is 0 Å². The van der Waals surface area contributed by atoms with E-state index in [-0.39, 0.29) is 0 Å². The number of nitrogens with zero attached hydrogens (tertiary/aromatic N) is 1. The van der Waals surface area contributed by atoms with Gasteiger partial charge in [-0.2, -0.15) is 0 Å². The first kappa shape index (κ1) is 14.2. The maximum atomic E-state index is 3.60. The van der Waals surface area contributed by atoms with Crippen molar-refractivity contribution in [1.82, 2.24) is 0 Å². The monoisotopic (exact) mass is 260 g/mol. The average molecular weight is 260 g/mol. The first-order valence-electron chi connectivity index (χ1n) is 7.80. The average Bonchev–Trinajstić information content (AvgIpc) is 2.91. The Morgan fingerprint density at radius 2 is 2.00 bits per heavy atom. The van der Waals surface area contributed by atoms with E-state index in [0.29, 0.717) is 0 Å². The zero-order valence-corrected chi connectivity index (χ0v) is 12.7. The maximum Gasteiger partial charge on any atom is 0.0371 e. The third-order valence-electron chi connectivity index (χ3n) is 4.10. The number of hydrogen-bond donors (Lipinski definition) is 1. The standard InChI is InChI=1S/C17H28N2/c1-4-7-14(2)13-18-17-9-8-16(12-15(17)3)19-10-5-6-11-19/h8-9,12,14,18H,4-7,10-11,13H2,1-3H3. The third kappa shape index (κ3) is 3.89. The molecule has 0 amide bonds. The Hall–Kier alpha value is -1.18. The van der Waals surface area contributed by atoms with Crippen LogP contribution in [0.2, 0.25) is 0 Å². The number of nitrogens with one attached hydrogen (secondary N) is 1. The lowest BCUT2D eigenvalue weighted by Gasteiger charge is -2.20. The maximum absolute atomic E-state index is 3.60. The predicted octanol–water partition coefficient (Wildman–Crippen LogP) is 4.44. The van der Waals surface area contributed by atoms with Crippen LogP contribution in [0.1, 0.15) is 45.1 Å². The van der Waals surface area contributed by atoms with E-state index in [2.05, 4.69) is 49.2 Å². The van der Waals surface area contributed by atoms with Gasteiger partial charge in [0, 0.05) is 31.0 Å². The summed E-state index contributed by atoms with van der Waals surface area (Å²) in [7, 11) is 0. The van der Waals surface area contributed by atoms with E-state index in [1.165, 1.54) is 55.7 Å². The molecule has 1 heterocycles. The molecule has 1 atom stereocenters. The largest absolute Gasteiger partial charge is 0.385 e. The fraction of sp³-hybridized carbons (Fsp3) is 0.647. The van der Waals surface area contributed by atoms with Crippen molar-refractivity contribution in [2.45, 2.75) is 46.5 Å². The summed E-state index contributed by atoms with van der Waals surface area (Å²) in [6, 6.07) is 6.85. The lowest BCUT2D eigenvalue weighted by molar-refractivity contribution is 0.550. The van der Waals surface area contributed by atoms with Crippen LogP contribution >= 0.6 is 0 Å². The lowest BCUT2D eigenvalue weighted by Crippen LogP contribution is -2.18. The van der Waals surface area contributed by atoms with Gasteiger partial charge in [-0.05, 0) is 55.9 Å². The van der Waals surface area contributed by atoms with E-state index in [1.54, 1.807) is 0 Å². The van der Waals surface area contributed by atoms with Crippen molar-refractivity contribution in [3.05, 3.63) is 23.8 Å². The van der Waals surface area contributed by atoms with Crippen LogP contribution in [0, 0.1) is 12.8 Å². The van der Waals surface area contributed by atoms with Gasteiger partial charge in [0.05, 0.1) is 0 Å². The first-order chi connectivity index (χ1) is 9.20. The summed E-state index contributed by atoms with van der Waals surface area (Å²) in [6.07, 6.45) is 5.26. The molecule has 1 unspecified atom stereocenters. The third-order valence-corrected chi connectivity index (χ3v) is 4.10. The molecule has 19 heavy (non-hydrogen) atoms. The SMILES string of the molecule is CCCC(C)CNc1ccc(N2CCCC2)cc1C. The van der Waals surface area contributed by atoms with Gasteiger partial charge in [0.2, 0.25) is 0 Å². The van der Waals surface area contributed by atoms with Gasteiger partial charge in [-0.3, -0.25) is 0 Å². The van der Waals surface area contributed by atoms with Gasteiger partial charge < -0.3 is 10.2 Å². The normalized spacial score (nSPS) is 16.7. The van der Waals surface area contributed by atoms with Crippen molar-refractivity contribution in [3.8, 4) is 0 Å². The molecule has 0 aliphatic carbocycles. The van der Waals surface area contributed by atoms with E-state index in [1.807, 2.05) is 0 Å². The van der Waals surface area contributed by atoms with Crippen LogP contribution in [0.15, 0.2) is 18.2 Å². The number of rotatable bonds is 6. The lowest BCUT2D eigenvalue weighted by atomic mass is 10.1. The van der Waals surface area contributed by atoms with Gasteiger partial charge in [-0.25, -0.2) is 0 Å². The van der Waals surface area contributed by atoms with Gasteiger partial charge in [0.15, 0.2) is 0 Å². The topological polar surface area (TPSA) is 15.3 Å². The number of benzene rings is 1. The van der Waals surface area contributed by atoms with E-state index < -0.39 is 0 Å². The Morgan fingerprint density at radius 3 is 2.63 bits per heavy atom. The van der Waals surface area contributed by atoms with Crippen molar-refractivity contribution in [1.29, 1.82) is 0 Å². The highest BCUT2D eigenvalue weighted by molar-refractivity contribution is 5.60. The molecule has 0 saturated carbocycles. The minimum atomic E-state index is 0.752. The van der Waals surface area contributed by atoms with E-state index in [4.69, 9.17) is 0 Å². The predicted molar refractivity (Wildman–Crippen MR) is 85.2 cm³/mol. The Bertz CT molecular complexity index is 394. The van der Waals surface area contributed by atoms with Crippen LogP contribution in [0.5, 0.6) is 0 Å². The second-order valence-corrected chi connectivity index (χ2v) is 5.97. The number of anilines is 2. The zero-order valence-electron chi connectivity index (χ0n) is 12.7. The molecule has 0 bridgehead atoms. The Morgan fingerprint density at radius 1 is 1.26 bits per heavy atom. The summed E-state index contributed by atoms with van der Waals surface area (Å²) in [5.74, 6) is 0.752. The van der Waals surface area contributed by atoms with Crippen molar-refractivity contribution in [2.24, 2.45) is 5.92 Å². The smallest absolute Gasteiger partial charge is 0.0371 e. The van der Waals surface area contributed by atoms with Crippen LogP contribution < -0.4 is 10.2 Å². The second kappa shape index (κ2) is 6.83. The van der Waals surface area contributed by atoms with Crippen LogP contribution in [0.25, 0.3) is 0 Å². The minimum absolute atomic E-state index is 0.752. The fourth-order valence-electron chi connectivity index (χ4n) is 2.90. The Kier molecular flexibility index (Phi) is 5.12. The van der Waals surface area contributed by atoms with Crippen LogP contribution in [-0.4, -0.2) is 19.6 Å². The molecule has 2 nitrogen and oxygen atoms in total. The number of hydrogen-bond acceptors (Lipinski definition) is 2. The molecule has 1 N–H and O–H groups in total. The zero-order chi connectivity index (χ0) is 13.7. The van der Waals surface area contributed by atoms with Gasteiger partial charge in [0.1, 0.15) is 0 Å². The summed E-state index contributed by atoms with van der Waals surface area (Å²) in [5.41, 5.74) is 4.06. The van der Waals surface area contributed by atoms with Gasteiger partial charge in [-0.1, -0.05) is 20.3 Å². The molecule has 0 radical (unpaired) electrons. The highest BCUT2D eigenvalue weighted by atomic mass is 15.1. The molecule has 106 valence electrons. The minimum Gasteiger partial charge on any atom is -0.385 e. The molecule has 0 aromatic heterocycles. The van der Waals surface area contributed by atoms with E-state index >= 15 is 0 Å². The molecular weight excluding hydrogens is 232 g/mol. The van der Waals surface area contributed by atoms with Crippen molar-refractivity contribution in [2.75, 3.05) is 29.9 Å². The fourth-order valence-corrected chi connectivity index (χ4v) is 2.90. The summed E-state index contributed by atoms with van der Waals surface area (Å²) in [4.78, 5) is 2.50. The summed E-state index contributed by atoms with van der Waals surface area (Å²) >= 11 is 0. The van der Waals surface area contributed by atoms with Gasteiger partial charge in [0.25, 0.3) is 0 Å². The molecule has 1 aliphatic rings. The first-order valence-corrected chi connectivity index (χ1v) is 7.80. The van der Waals surface area contributed by atoms with Crippen LogP contribution in [0.4, 0.5) is 11.4 Å². The van der Waals surface area contributed by atoms with Crippen molar-refractivity contribution < 1.29 is 0 Å². The quantitative estimate of drug-likeness (QED) is 0.813. The second-order valence-electron chi connectivity index (χ2n) is 5.97. The highest BCUT2D eigenvalue weighted by Crippen LogP contribution is 2.25. The highest BCUT2D eigenvalue weighted by Gasteiger charge is 2.13. The molecule has 1 aromatic carbocycles. The molecule has 1 saturated heterocycles. The summed E-state index contributed by atoms with van der Waals surface area (Å²) < 4.78 is 0. The van der Waals surface area contributed by atoms with Crippen LogP contribution in [0.3, 0.4) is 0 Å². The molecule has 0 spiro atoms. The van der Waals surface area contributed by atoms with E-state index in [0.717, 1.165) is 12.5 Å². The summed E-state index contributed by atoms with van der Waals surface area (Å²) in [6.45, 7) is 10.3. The Balaban J connectivity index is 1.94. The van der Waals surface area contributed by atoms with Gasteiger partial charge >= 0.3 is 0 Å². The molecule has 2 heteroatoms. The Labute approximate surface area is 118 Å².